The molecule has 3 N–H and O–H groups in total. The van der Waals surface area contributed by atoms with Crippen LogP contribution in [0.2, 0.25) is 0 Å². The Hall–Kier alpha value is -0.760. The molecule has 0 radical (unpaired) electrons. The van der Waals surface area contributed by atoms with Crippen LogP contribution in [0.15, 0.2) is 0 Å². The Morgan fingerprint density at radius 1 is 0.488 bits per heavy atom. The first kappa shape index (κ1) is 44.4. The molecule has 0 bridgehead atoms. The van der Waals surface area contributed by atoms with E-state index >= 15 is 0 Å². The van der Waals surface area contributed by atoms with Crippen molar-refractivity contribution in [2.45, 2.75) is 184 Å². The van der Waals surface area contributed by atoms with Gasteiger partial charge < -0.3 is 5.73 Å². The molecule has 14 heteroatoms. The standard InChI is InChI=1S/C25H53N.C4HF9O3S/c1-4-7-10-13-16-19-22-25(26,23-20-17-14-11-8-5-2)24-21-18-15-12-9-6-3;5-1(6,3(9,10)11)2(7,8)4(12,13)17(14,15)16/h4-24,26H2,1-3H3;(H,14,15,16). The summed E-state index contributed by atoms with van der Waals surface area (Å²) in [4.78, 5) is 0. The van der Waals surface area contributed by atoms with E-state index in [1.807, 2.05) is 0 Å². The lowest BCUT2D eigenvalue weighted by Gasteiger charge is -2.31. The summed E-state index contributed by atoms with van der Waals surface area (Å²) in [5.74, 6) is -14.7. The zero-order valence-electron chi connectivity index (χ0n) is 26.0. The fourth-order valence-electron chi connectivity index (χ4n) is 4.67. The molecule has 0 amide bonds. The van der Waals surface area contributed by atoms with E-state index in [0.29, 0.717) is 0 Å². The van der Waals surface area contributed by atoms with Gasteiger partial charge in [0.2, 0.25) is 0 Å². The highest BCUT2D eigenvalue weighted by molar-refractivity contribution is 7.87. The van der Waals surface area contributed by atoms with Gasteiger partial charge >= 0.3 is 33.4 Å². The monoisotopic (exact) mass is 667 g/mol. The summed E-state index contributed by atoms with van der Waals surface area (Å²) in [5, 5.41) is -7.00. The lowest BCUT2D eigenvalue weighted by Crippen LogP contribution is -2.63. The van der Waals surface area contributed by atoms with Gasteiger partial charge in [-0.25, -0.2) is 0 Å². The predicted molar refractivity (Wildman–Crippen MR) is 153 cm³/mol. The Balaban J connectivity index is 0. The summed E-state index contributed by atoms with van der Waals surface area (Å²) < 4.78 is 134. The van der Waals surface area contributed by atoms with E-state index in [4.69, 9.17) is 10.3 Å². The molecule has 0 aliphatic heterocycles. The molecule has 0 saturated carbocycles. The molecule has 0 aliphatic rings. The van der Waals surface area contributed by atoms with Crippen LogP contribution in [0, 0.1) is 0 Å². The lowest BCUT2D eigenvalue weighted by molar-refractivity contribution is -0.382. The summed E-state index contributed by atoms with van der Waals surface area (Å²) in [7, 11) is -7.17. The molecule has 0 rings (SSSR count). The second-order valence-electron chi connectivity index (χ2n) is 11.6. The van der Waals surface area contributed by atoms with Crippen LogP contribution in [0.3, 0.4) is 0 Å². The first-order chi connectivity index (χ1) is 19.7. The number of hydrogen-bond donors (Lipinski definition) is 2. The number of halogens is 9. The molecule has 43 heavy (non-hydrogen) atoms. The quantitative estimate of drug-likeness (QED) is 0.0610. The third kappa shape index (κ3) is 16.4. The molecule has 0 aliphatic carbocycles. The minimum absolute atomic E-state index is 0.139. The molecule has 0 fully saturated rings. The van der Waals surface area contributed by atoms with Gasteiger partial charge in [0.1, 0.15) is 0 Å². The van der Waals surface area contributed by atoms with Gasteiger partial charge in [0.25, 0.3) is 0 Å². The zero-order chi connectivity index (χ0) is 33.8. The molecule has 0 aromatic carbocycles. The van der Waals surface area contributed by atoms with Gasteiger partial charge in [-0.15, -0.1) is 0 Å². The van der Waals surface area contributed by atoms with E-state index in [9.17, 15) is 47.9 Å². The number of alkyl halides is 9. The summed E-state index contributed by atoms with van der Waals surface area (Å²) in [6.45, 7) is 6.89. The summed E-state index contributed by atoms with van der Waals surface area (Å²) >= 11 is 0. The van der Waals surface area contributed by atoms with Gasteiger partial charge in [0, 0.05) is 5.54 Å². The average Bonchev–Trinajstić information content (AvgIpc) is 2.89. The molecular weight excluding hydrogens is 613 g/mol. The van der Waals surface area contributed by atoms with Crippen LogP contribution in [-0.2, 0) is 10.1 Å². The van der Waals surface area contributed by atoms with Crippen LogP contribution >= 0.6 is 0 Å². The maximum Gasteiger partial charge on any atom is 0.460 e. The maximum absolute atomic E-state index is 12.2. The fourth-order valence-corrected chi connectivity index (χ4v) is 5.12. The number of hydrogen-bond acceptors (Lipinski definition) is 3. The minimum atomic E-state index is -7.37. The van der Waals surface area contributed by atoms with Crippen molar-refractivity contribution in [3.8, 4) is 0 Å². The molecule has 0 saturated heterocycles. The van der Waals surface area contributed by atoms with Crippen LogP contribution in [0.1, 0.15) is 156 Å². The van der Waals surface area contributed by atoms with Crippen LogP contribution in [0.4, 0.5) is 39.5 Å². The second-order valence-corrected chi connectivity index (χ2v) is 13.0. The number of rotatable bonds is 24. The molecule has 4 nitrogen and oxygen atoms in total. The Morgan fingerprint density at radius 2 is 0.744 bits per heavy atom. The summed E-state index contributed by atoms with van der Waals surface area (Å²) in [6, 6.07) is 0. The summed E-state index contributed by atoms with van der Waals surface area (Å²) in [5.41, 5.74) is 7.06. The third-order valence-corrected chi connectivity index (χ3v) is 8.43. The predicted octanol–water partition coefficient (Wildman–Crippen LogP) is 11.2. The van der Waals surface area contributed by atoms with Crippen molar-refractivity contribution < 1.29 is 52.5 Å². The van der Waals surface area contributed by atoms with E-state index in [1.54, 1.807) is 0 Å². The Morgan fingerprint density at radius 3 is 0.977 bits per heavy atom. The van der Waals surface area contributed by atoms with Crippen molar-refractivity contribution in [1.82, 2.24) is 0 Å². The SMILES string of the molecule is CCCCCCCCC(N)(CCCCCCCC)CCCCCCCC.O=S(=O)(O)C(F)(F)C(F)(F)C(F)(F)C(F)(F)F. The van der Waals surface area contributed by atoms with Crippen LogP contribution in [0.5, 0.6) is 0 Å². The van der Waals surface area contributed by atoms with Crippen molar-refractivity contribution in [2.75, 3.05) is 0 Å². The zero-order valence-corrected chi connectivity index (χ0v) is 26.8. The summed E-state index contributed by atoms with van der Waals surface area (Å²) in [6.07, 6.45) is 21.7. The van der Waals surface area contributed by atoms with Crippen LogP contribution < -0.4 is 5.73 Å². The normalized spacial score (nSPS) is 13.6. The largest absolute Gasteiger partial charge is 0.460 e. The maximum atomic E-state index is 12.2. The molecule has 0 aromatic rings. The van der Waals surface area contributed by atoms with Crippen molar-refractivity contribution in [2.24, 2.45) is 5.73 Å². The minimum Gasteiger partial charge on any atom is -0.325 e. The van der Waals surface area contributed by atoms with Gasteiger partial charge in [0.05, 0.1) is 0 Å². The lowest BCUT2D eigenvalue weighted by atomic mass is 9.82. The Bertz CT molecular complexity index is 767. The number of unbranched alkanes of at least 4 members (excludes halogenated alkanes) is 15. The van der Waals surface area contributed by atoms with Gasteiger partial charge in [-0.1, -0.05) is 136 Å². The molecule has 0 atom stereocenters. The van der Waals surface area contributed by atoms with E-state index in [0.717, 1.165) is 0 Å². The van der Waals surface area contributed by atoms with Crippen molar-refractivity contribution >= 4 is 10.1 Å². The van der Waals surface area contributed by atoms with Crippen molar-refractivity contribution in [3.05, 3.63) is 0 Å². The first-order valence-electron chi connectivity index (χ1n) is 15.6. The molecular formula is C29H54F9NO3S. The van der Waals surface area contributed by atoms with Crippen molar-refractivity contribution in [1.29, 1.82) is 0 Å². The second kappa shape index (κ2) is 21.1. The fraction of sp³-hybridized carbons (Fsp3) is 1.00. The van der Waals surface area contributed by atoms with Crippen molar-refractivity contribution in [3.63, 3.8) is 0 Å². The molecule has 0 unspecified atom stereocenters. The molecule has 262 valence electrons. The molecule has 0 aromatic heterocycles. The highest BCUT2D eigenvalue weighted by Crippen LogP contribution is 2.54. The Labute approximate surface area is 252 Å². The van der Waals surface area contributed by atoms with E-state index < -0.39 is 33.4 Å². The van der Waals surface area contributed by atoms with Gasteiger partial charge in [0.15, 0.2) is 0 Å². The van der Waals surface area contributed by atoms with Gasteiger partial charge in [-0.05, 0) is 19.3 Å². The first-order valence-corrected chi connectivity index (χ1v) is 17.1. The third-order valence-electron chi connectivity index (χ3n) is 7.52. The van der Waals surface area contributed by atoms with Gasteiger partial charge in [-0.2, -0.15) is 47.9 Å². The van der Waals surface area contributed by atoms with E-state index in [1.165, 1.54) is 135 Å². The van der Waals surface area contributed by atoms with Gasteiger partial charge in [-0.3, -0.25) is 4.55 Å². The highest BCUT2D eigenvalue weighted by Gasteiger charge is 2.85. The van der Waals surface area contributed by atoms with E-state index in [-0.39, 0.29) is 5.54 Å². The Kier molecular flexibility index (Phi) is 21.8. The van der Waals surface area contributed by atoms with Crippen LogP contribution in [0.25, 0.3) is 0 Å². The van der Waals surface area contributed by atoms with Crippen LogP contribution in [-0.4, -0.2) is 41.8 Å². The highest BCUT2D eigenvalue weighted by atomic mass is 32.2. The number of nitrogens with two attached hydrogens (primary N) is 1. The smallest absolute Gasteiger partial charge is 0.325 e. The molecule has 0 spiro atoms. The van der Waals surface area contributed by atoms with E-state index in [2.05, 4.69) is 20.8 Å². The topological polar surface area (TPSA) is 80.4 Å². The molecule has 0 heterocycles. The average molecular weight is 668 g/mol.